The molecule has 0 atom stereocenters. The van der Waals surface area contributed by atoms with Crippen LogP contribution >= 0.6 is 35.7 Å². The van der Waals surface area contributed by atoms with Gasteiger partial charge in [0, 0.05) is 20.1 Å². The van der Waals surface area contributed by atoms with Crippen molar-refractivity contribution in [2.45, 2.75) is 46.1 Å². The molecule has 1 heterocycles. The van der Waals surface area contributed by atoms with E-state index in [1.54, 1.807) is 0 Å². The third-order valence-corrected chi connectivity index (χ3v) is 4.15. The molecule has 0 fully saturated rings. The lowest BCUT2D eigenvalue weighted by Crippen LogP contribution is -2.38. The number of rotatable bonds is 10. The Morgan fingerprint density at radius 2 is 1.87 bits per heavy atom. The van der Waals surface area contributed by atoms with E-state index in [2.05, 4.69) is 39.0 Å². The van der Waals surface area contributed by atoms with Crippen molar-refractivity contribution < 1.29 is 0 Å². The molecule has 0 aliphatic rings. The van der Waals surface area contributed by atoms with Gasteiger partial charge in [-0.1, -0.05) is 19.8 Å². The maximum Gasteiger partial charge on any atom is 0.191 e. The maximum atomic E-state index is 4.63. The number of unbranched alkanes of at least 4 members (excludes halogenated alkanes) is 2. The van der Waals surface area contributed by atoms with Gasteiger partial charge in [-0.2, -0.15) is 11.8 Å². The van der Waals surface area contributed by atoms with Crippen LogP contribution in [0.25, 0.3) is 0 Å². The molecule has 23 heavy (non-hydrogen) atoms. The van der Waals surface area contributed by atoms with Gasteiger partial charge in [0.15, 0.2) is 11.8 Å². The van der Waals surface area contributed by atoms with Gasteiger partial charge in [-0.3, -0.25) is 0 Å². The van der Waals surface area contributed by atoms with E-state index in [9.17, 15) is 0 Å². The number of nitrogens with zero attached hydrogens (tertiary/aromatic N) is 4. The van der Waals surface area contributed by atoms with E-state index in [-0.39, 0.29) is 24.0 Å². The molecule has 2 N–H and O–H groups in total. The van der Waals surface area contributed by atoms with E-state index in [0.717, 1.165) is 37.1 Å². The standard InChI is InChI=1S/C15H30N6S.HI/c1-5-6-7-9-16-15(17-10-8-11-22-4)18-12-14-20-19-13(2)21(14)3;/h5-12H2,1-4H3,(H2,16,17,18);1H. The molecular weight excluding hydrogens is 423 g/mol. The molecule has 6 nitrogen and oxygen atoms in total. The zero-order valence-corrected chi connectivity index (χ0v) is 17.9. The van der Waals surface area contributed by atoms with E-state index >= 15 is 0 Å². The summed E-state index contributed by atoms with van der Waals surface area (Å²) in [5, 5.41) is 15.0. The number of hydrogen-bond donors (Lipinski definition) is 2. The summed E-state index contributed by atoms with van der Waals surface area (Å²) in [4.78, 5) is 4.63. The summed E-state index contributed by atoms with van der Waals surface area (Å²) in [6, 6.07) is 0. The smallest absolute Gasteiger partial charge is 0.191 e. The van der Waals surface area contributed by atoms with Crippen molar-refractivity contribution in [3.63, 3.8) is 0 Å². The summed E-state index contributed by atoms with van der Waals surface area (Å²) in [5.41, 5.74) is 0. The second-order valence-corrected chi connectivity index (χ2v) is 6.28. The fourth-order valence-electron chi connectivity index (χ4n) is 1.92. The highest BCUT2D eigenvalue weighted by molar-refractivity contribution is 14.0. The van der Waals surface area contributed by atoms with E-state index < -0.39 is 0 Å². The first kappa shape index (κ1) is 22.5. The third kappa shape index (κ3) is 9.39. The zero-order chi connectivity index (χ0) is 16.2. The summed E-state index contributed by atoms with van der Waals surface area (Å²) in [6.45, 7) is 6.61. The largest absolute Gasteiger partial charge is 0.356 e. The Morgan fingerprint density at radius 3 is 2.43 bits per heavy atom. The summed E-state index contributed by atoms with van der Waals surface area (Å²) in [7, 11) is 1.97. The predicted molar refractivity (Wildman–Crippen MR) is 111 cm³/mol. The highest BCUT2D eigenvalue weighted by atomic mass is 127. The molecule has 0 aliphatic carbocycles. The van der Waals surface area contributed by atoms with Crippen molar-refractivity contribution in [1.82, 2.24) is 25.4 Å². The lowest BCUT2D eigenvalue weighted by atomic mass is 10.2. The molecule has 1 aromatic heterocycles. The number of halogens is 1. The normalized spacial score (nSPS) is 11.2. The van der Waals surface area contributed by atoms with E-state index in [1.807, 2.05) is 30.3 Å². The van der Waals surface area contributed by atoms with Gasteiger partial charge in [-0.15, -0.1) is 34.2 Å². The highest BCUT2D eigenvalue weighted by Gasteiger charge is 2.04. The van der Waals surface area contributed by atoms with Crippen LogP contribution in [-0.4, -0.2) is 45.8 Å². The lowest BCUT2D eigenvalue weighted by molar-refractivity contribution is 0.677. The van der Waals surface area contributed by atoms with Gasteiger partial charge in [0.05, 0.1) is 0 Å². The average Bonchev–Trinajstić information content (AvgIpc) is 2.84. The van der Waals surface area contributed by atoms with Crippen LogP contribution in [-0.2, 0) is 13.6 Å². The number of thioether (sulfide) groups is 1. The molecule has 0 saturated carbocycles. The Labute approximate surface area is 161 Å². The average molecular weight is 454 g/mol. The third-order valence-electron chi connectivity index (χ3n) is 3.45. The lowest BCUT2D eigenvalue weighted by Gasteiger charge is -2.12. The van der Waals surface area contributed by atoms with Crippen LogP contribution in [0.2, 0.25) is 0 Å². The molecule has 0 radical (unpaired) electrons. The van der Waals surface area contributed by atoms with Gasteiger partial charge < -0.3 is 15.2 Å². The second-order valence-electron chi connectivity index (χ2n) is 5.29. The summed E-state index contributed by atoms with van der Waals surface area (Å²) < 4.78 is 1.98. The SMILES string of the molecule is CCCCCNC(=NCc1nnc(C)n1C)NCCCSC.I. The second kappa shape index (κ2) is 13.9. The Bertz CT molecular complexity index is 435. The van der Waals surface area contributed by atoms with E-state index in [4.69, 9.17) is 0 Å². The predicted octanol–water partition coefficient (Wildman–Crippen LogP) is 2.72. The van der Waals surface area contributed by atoms with Crippen molar-refractivity contribution in [1.29, 1.82) is 0 Å². The van der Waals surface area contributed by atoms with Crippen LogP contribution in [0.15, 0.2) is 4.99 Å². The topological polar surface area (TPSA) is 67.1 Å². The van der Waals surface area contributed by atoms with Gasteiger partial charge >= 0.3 is 0 Å². The molecule has 0 unspecified atom stereocenters. The summed E-state index contributed by atoms with van der Waals surface area (Å²) in [6.07, 6.45) is 6.92. The quantitative estimate of drug-likeness (QED) is 0.246. The monoisotopic (exact) mass is 454 g/mol. The van der Waals surface area contributed by atoms with Crippen LogP contribution in [0.1, 0.15) is 44.3 Å². The zero-order valence-electron chi connectivity index (χ0n) is 14.8. The van der Waals surface area contributed by atoms with Crippen LogP contribution < -0.4 is 10.6 Å². The van der Waals surface area contributed by atoms with Gasteiger partial charge in [0.25, 0.3) is 0 Å². The summed E-state index contributed by atoms with van der Waals surface area (Å²) in [5.74, 6) is 3.84. The molecule has 8 heteroatoms. The minimum Gasteiger partial charge on any atom is -0.356 e. The minimum absolute atomic E-state index is 0. The highest BCUT2D eigenvalue weighted by Crippen LogP contribution is 1.99. The van der Waals surface area contributed by atoms with Crippen LogP contribution in [0.5, 0.6) is 0 Å². The molecule has 0 aromatic carbocycles. The van der Waals surface area contributed by atoms with E-state index in [0.29, 0.717) is 6.54 Å². The van der Waals surface area contributed by atoms with Crippen LogP contribution in [0.3, 0.4) is 0 Å². The Morgan fingerprint density at radius 1 is 1.17 bits per heavy atom. The Hall–Kier alpha value is -0.510. The van der Waals surface area contributed by atoms with Crippen LogP contribution in [0, 0.1) is 6.92 Å². The fraction of sp³-hybridized carbons (Fsp3) is 0.800. The molecule has 0 saturated heterocycles. The molecule has 1 aromatic rings. The number of aryl methyl sites for hydroxylation is 1. The fourth-order valence-corrected chi connectivity index (χ4v) is 2.35. The number of guanidine groups is 1. The first-order valence-corrected chi connectivity index (χ1v) is 9.44. The first-order chi connectivity index (χ1) is 10.7. The van der Waals surface area contributed by atoms with Gasteiger partial charge in [-0.05, 0) is 31.8 Å². The number of hydrogen-bond acceptors (Lipinski definition) is 4. The van der Waals surface area contributed by atoms with Gasteiger partial charge in [0.1, 0.15) is 12.4 Å². The molecule has 1 rings (SSSR count). The van der Waals surface area contributed by atoms with Gasteiger partial charge in [-0.25, -0.2) is 4.99 Å². The Balaban J connectivity index is 0.00000484. The minimum atomic E-state index is 0. The Kier molecular flexibility index (Phi) is 13.6. The van der Waals surface area contributed by atoms with Crippen molar-refractivity contribution in [3.8, 4) is 0 Å². The summed E-state index contributed by atoms with van der Waals surface area (Å²) >= 11 is 1.87. The van der Waals surface area contributed by atoms with Crippen molar-refractivity contribution in [3.05, 3.63) is 11.6 Å². The molecule has 0 spiro atoms. The number of aromatic nitrogens is 3. The van der Waals surface area contributed by atoms with E-state index in [1.165, 1.54) is 25.0 Å². The van der Waals surface area contributed by atoms with Crippen LogP contribution in [0.4, 0.5) is 0 Å². The number of nitrogens with one attached hydrogen (secondary N) is 2. The molecule has 0 aliphatic heterocycles. The number of aliphatic imine (C=N–C) groups is 1. The molecule has 0 amide bonds. The van der Waals surface area contributed by atoms with Crippen molar-refractivity contribution >= 4 is 41.7 Å². The molecule has 134 valence electrons. The molecule has 0 bridgehead atoms. The molecular formula is C15H31IN6S. The van der Waals surface area contributed by atoms with Gasteiger partial charge in [0.2, 0.25) is 0 Å². The van der Waals surface area contributed by atoms with Crippen molar-refractivity contribution in [2.24, 2.45) is 12.0 Å². The van der Waals surface area contributed by atoms with Crippen molar-refractivity contribution in [2.75, 3.05) is 25.1 Å². The first-order valence-electron chi connectivity index (χ1n) is 8.05. The maximum absolute atomic E-state index is 4.63.